The summed E-state index contributed by atoms with van der Waals surface area (Å²) in [7, 11) is 3.64. The Bertz CT molecular complexity index is 1570. The average Bonchev–Trinajstić information content (AvgIpc) is 3.37. The maximum Gasteiger partial charge on any atom is 0.251 e. The van der Waals surface area contributed by atoms with Gasteiger partial charge in [-0.25, -0.2) is 4.98 Å². The van der Waals surface area contributed by atoms with Crippen LogP contribution in [0.15, 0.2) is 71.5 Å². The molecule has 0 aliphatic rings. The summed E-state index contributed by atoms with van der Waals surface area (Å²) in [6.07, 6.45) is 4.32. The molecule has 0 fully saturated rings. The largest absolute Gasteiger partial charge is 0.490 e. The fourth-order valence-corrected chi connectivity index (χ4v) is 4.80. The smallest absolute Gasteiger partial charge is 0.251 e. The van der Waals surface area contributed by atoms with Crippen LogP contribution in [0.4, 0.5) is 0 Å². The van der Waals surface area contributed by atoms with E-state index >= 15 is 0 Å². The number of imidazole rings is 1. The van der Waals surface area contributed by atoms with Crippen molar-refractivity contribution in [1.82, 2.24) is 24.9 Å². The summed E-state index contributed by atoms with van der Waals surface area (Å²) in [5.41, 5.74) is 4.28. The second kappa shape index (κ2) is 13.4. The second-order valence-electron chi connectivity index (χ2n) is 10.3. The van der Waals surface area contributed by atoms with Gasteiger partial charge in [0.25, 0.3) is 5.91 Å². The van der Waals surface area contributed by atoms with E-state index in [9.17, 15) is 14.9 Å². The number of hydrogen-bond acceptors (Lipinski definition) is 6. The number of rotatable bonds is 11. The van der Waals surface area contributed by atoms with E-state index in [1.54, 1.807) is 17.0 Å². The second-order valence-corrected chi connectivity index (χ2v) is 11.2. The molecule has 1 atom stereocenters. The number of fused-ring (bicyclic) bond motifs is 1. The number of carbonyl (C=O) groups is 2. The molecule has 0 saturated heterocycles. The molecule has 4 aromatic rings. The minimum absolute atomic E-state index is 0.0992. The Morgan fingerprint density at radius 2 is 1.90 bits per heavy atom. The zero-order chi connectivity index (χ0) is 29.5. The van der Waals surface area contributed by atoms with Crippen LogP contribution in [-0.4, -0.2) is 65.4 Å². The molecule has 0 spiro atoms. The molecule has 1 unspecified atom stereocenters. The van der Waals surface area contributed by atoms with Gasteiger partial charge in [-0.15, -0.1) is 0 Å². The highest BCUT2D eigenvalue weighted by atomic mass is 79.9. The number of benzene rings is 2. The lowest BCUT2D eigenvalue weighted by atomic mass is 10.0. The molecule has 0 aliphatic heterocycles. The van der Waals surface area contributed by atoms with Gasteiger partial charge in [0.15, 0.2) is 5.65 Å². The van der Waals surface area contributed by atoms with Crippen LogP contribution in [0.2, 0.25) is 0 Å². The van der Waals surface area contributed by atoms with Crippen molar-refractivity contribution < 1.29 is 14.3 Å². The fraction of sp³-hybridized carbons (Fsp3) is 0.290. The molecule has 2 aromatic heterocycles. The number of carbonyl (C=O) groups excluding carboxylic acids is 2. The van der Waals surface area contributed by atoms with Crippen LogP contribution >= 0.6 is 15.9 Å². The Labute approximate surface area is 248 Å². The monoisotopic (exact) mass is 616 g/mol. The van der Waals surface area contributed by atoms with E-state index in [0.29, 0.717) is 17.7 Å². The molecule has 2 heterocycles. The van der Waals surface area contributed by atoms with E-state index in [1.165, 1.54) is 6.07 Å². The van der Waals surface area contributed by atoms with Gasteiger partial charge in [-0.05, 0) is 86.2 Å². The third-order valence-corrected chi connectivity index (χ3v) is 6.85. The number of likely N-dealkylation sites (N-methyl/N-ethyl adjacent to an activating group) is 1. The normalized spacial score (nSPS) is 11.9. The molecular formula is C31H33BrN6O3. The lowest BCUT2D eigenvalue weighted by molar-refractivity contribution is -0.121. The number of pyridine rings is 1. The molecule has 4 rings (SSSR count). The van der Waals surface area contributed by atoms with Crippen LogP contribution in [0, 0.1) is 11.3 Å². The minimum Gasteiger partial charge on any atom is -0.490 e. The van der Waals surface area contributed by atoms with Crippen LogP contribution in [0.1, 0.15) is 35.3 Å². The number of nitrogens with zero attached hydrogens (tertiary/aromatic N) is 4. The Morgan fingerprint density at radius 3 is 2.56 bits per heavy atom. The van der Waals surface area contributed by atoms with E-state index in [4.69, 9.17) is 9.72 Å². The lowest BCUT2D eigenvalue weighted by Crippen LogP contribution is -2.46. The summed E-state index contributed by atoms with van der Waals surface area (Å²) >= 11 is 3.54. The molecule has 2 aromatic carbocycles. The number of aromatic nitrogens is 2. The molecule has 2 N–H and O–H groups in total. The zero-order valence-electron chi connectivity index (χ0n) is 23.5. The SMILES string of the molecule is CC(C)Oc1ccc(C(=O)NC(CNC(=O)CN(C)C)Cc2ccc(-c3cn4cccc(Br)c4n3)cc2)cc1C#N. The summed E-state index contributed by atoms with van der Waals surface area (Å²) in [5, 5.41) is 15.5. The number of nitrogens with one attached hydrogen (secondary N) is 2. The first-order valence-electron chi connectivity index (χ1n) is 13.3. The van der Waals surface area contributed by atoms with Crippen LogP contribution in [0.25, 0.3) is 16.9 Å². The van der Waals surface area contributed by atoms with Crippen molar-refractivity contribution >= 4 is 33.4 Å². The van der Waals surface area contributed by atoms with E-state index in [-0.39, 0.29) is 42.6 Å². The molecule has 212 valence electrons. The van der Waals surface area contributed by atoms with Crippen molar-refractivity contribution in [3.63, 3.8) is 0 Å². The van der Waals surface area contributed by atoms with Gasteiger partial charge < -0.3 is 24.7 Å². The number of amides is 2. The average molecular weight is 618 g/mol. The van der Waals surface area contributed by atoms with Crippen molar-refractivity contribution in [1.29, 1.82) is 5.26 Å². The Balaban J connectivity index is 1.51. The van der Waals surface area contributed by atoms with E-state index in [1.807, 2.05) is 81.1 Å². The summed E-state index contributed by atoms with van der Waals surface area (Å²) in [4.78, 5) is 32.1. The predicted octanol–water partition coefficient (Wildman–Crippen LogP) is 4.44. The van der Waals surface area contributed by atoms with Crippen molar-refractivity contribution in [2.75, 3.05) is 27.2 Å². The first-order chi connectivity index (χ1) is 19.6. The number of ether oxygens (including phenoxy) is 1. The molecule has 41 heavy (non-hydrogen) atoms. The van der Waals surface area contributed by atoms with Crippen LogP contribution < -0.4 is 15.4 Å². The van der Waals surface area contributed by atoms with E-state index in [2.05, 4.69) is 32.6 Å². The molecule has 9 nitrogen and oxygen atoms in total. The number of halogens is 1. The molecule has 10 heteroatoms. The Morgan fingerprint density at radius 1 is 1.15 bits per heavy atom. The molecule has 0 saturated carbocycles. The fourth-order valence-electron chi connectivity index (χ4n) is 4.35. The quantitative estimate of drug-likeness (QED) is 0.258. The van der Waals surface area contributed by atoms with Gasteiger partial charge in [0.2, 0.25) is 5.91 Å². The standard InChI is InChI=1S/C31H33BrN6O3/c1-20(2)41-28-12-11-23(15-24(28)16-33)31(40)35-25(17-34-29(39)19-37(3)4)14-21-7-9-22(10-8-21)27-18-38-13-5-6-26(32)30(38)36-27/h5-13,15,18,20,25H,14,17,19H2,1-4H3,(H,34,39)(H,35,40). The number of hydrogen-bond donors (Lipinski definition) is 2. The van der Waals surface area contributed by atoms with Crippen LogP contribution in [0.5, 0.6) is 5.75 Å². The van der Waals surface area contributed by atoms with Gasteiger partial charge in [-0.1, -0.05) is 24.3 Å². The summed E-state index contributed by atoms with van der Waals surface area (Å²) in [6, 6.07) is 18.4. The Hall–Kier alpha value is -4.20. The highest BCUT2D eigenvalue weighted by molar-refractivity contribution is 9.10. The summed E-state index contributed by atoms with van der Waals surface area (Å²) in [6.45, 7) is 4.24. The van der Waals surface area contributed by atoms with Crippen LogP contribution in [-0.2, 0) is 11.2 Å². The molecule has 0 radical (unpaired) electrons. The van der Waals surface area contributed by atoms with Crippen LogP contribution in [0.3, 0.4) is 0 Å². The van der Waals surface area contributed by atoms with Gasteiger partial charge in [0.05, 0.1) is 34.4 Å². The predicted molar refractivity (Wildman–Crippen MR) is 162 cm³/mol. The maximum atomic E-state index is 13.2. The Kier molecular flexibility index (Phi) is 9.76. The third-order valence-electron chi connectivity index (χ3n) is 6.23. The molecule has 0 aliphatic carbocycles. The van der Waals surface area contributed by atoms with Crippen molar-refractivity contribution in [3.05, 3.63) is 88.2 Å². The van der Waals surface area contributed by atoms with Crippen molar-refractivity contribution in [3.8, 4) is 23.1 Å². The summed E-state index contributed by atoms with van der Waals surface area (Å²) < 4.78 is 8.56. The number of nitriles is 1. The molecular weight excluding hydrogens is 584 g/mol. The maximum absolute atomic E-state index is 13.2. The first kappa shape index (κ1) is 29.8. The van der Waals surface area contributed by atoms with Gasteiger partial charge in [-0.2, -0.15) is 5.26 Å². The molecule has 2 amide bonds. The highest BCUT2D eigenvalue weighted by Gasteiger charge is 2.18. The highest BCUT2D eigenvalue weighted by Crippen LogP contribution is 2.24. The van der Waals surface area contributed by atoms with Gasteiger partial charge in [-0.3, -0.25) is 9.59 Å². The minimum atomic E-state index is -0.386. The van der Waals surface area contributed by atoms with E-state index in [0.717, 1.165) is 26.9 Å². The van der Waals surface area contributed by atoms with Gasteiger partial charge in [0.1, 0.15) is 11.8 Å². The first-order valence-corrected chi connectivity index (χ1v) is 14.1. The van der Waals surface area contributed by atoms with Gasteiger partial charge >= 0.3 is 0 Å². The zero-order valence-corrected chi connectivity index (χ0v) is 25.1. The van der Waals surface area contributed by atoms with Crippen molar-refractivity contribution in [2.45, 2.75) is 32.4 Å². The summed E-state index contributed by atoms with van der Waals surface area (Å²) in [5.74, 6) is -0.0366. The van der Waals surface area contributed by atoms with Gasteiger partial charge in [0, 0.05) is 30.1 Å². The third kappa shape index (κ3) is 7.93. The van der Waals surface area contributed by atoms with E-state index < -0.39 is 0 Å². The van der Waals surface area contributed by atoms with Crippen molar-refractivity contribution in [2.24, 2.45) is 0 Å². The lowest BCUT2D eigenvalue weighted by Gasteiger charge is -2.21. The molecule has 0 bridgehead atoms. The topological polar surface area (TPSA) is 112 Å².